The lowest BCUT2D eigenvalue weighted by molar-refractivity contribution is -0.135. The summed E-state index contributed by atoms with van der Waals surface area (Å²) in [6.07, 6.45) is 15.5. The summed E-state index contributed by atoms with van der Waals surface area (Å²) in [4.78, 5) is 66.0. The Morgan fingerprint density at radius 2 is 1.39 bits per heavy atom. The van der Waals surface area contributed by atoms with Crippen molar-refractivity contribution in [1.29, 1.82) is 0 Å². The maximum absolute atomic E-state index is 14.2. The van der Waals surface area contributed by atoms with E-state index in [1.54, 1.807) is 10.5 Å². The van der Waals surface area contributed by atoms with Gasteiger partial charge in [-0.15, -0.1) is 0 Å². The molecule has 0 radical (unpaired) electrons. The lowest BCUT2D eigenvalue weighted by atomic mass is 9.65. The highest BCUT2D eigenvalue weighted by atomic mass is 16.5. The third-order valence-electron chi connectivity index (χ3n) is 14.4. The summed E-state index contributed by atoms with van der Waals surface area (Å²) < 4.78 is 5.43. The number of ether oxygens (including phenoxy) is 1. The molecular formula is C46H65N9O4. The monoisotopic (exact) mass is 808 g/mol. The number of nitrogens with zero attached hydrogens (tertiary/aromatic N) is 6. The van der Waals surface area contributed by atoms with Crippen molar-refractivity contribution in [3.05, 3.63) is 53.0 Å². The van der Waals surface area contributed by atoms with Crippen LogP contribution in [0.1, 0.15) is 157 Å². The molecule has 3 N–H and O–H groups in total. The van der Waals surface area contributed by atoms with Crippen molar-refractivity contribution in [3.8, 4) is 11.3 Å². The van der Waals surface area contributed by atoms with Crippen molar-refractivity contribution in [3.63, 3.8) is 0 Å². The summed E-state index contributed by atoms with van der Waals surface area (Å²) in [6.45, 7) is 13.8. The number of fused-ring (bicyclic) bond motifs is 2. The minimum Gasteiger partial charge on any atom is -0.378 e. The van der Waals surface area contributed by atoms with Crippen LogP contribution in [0, 0.1) is 11.8 Å². The lowest BCUT2D eigenvalue weighted by Crippen LogP contribution is -2.55. The van der Waals surface area contributed by atoms with Crippen LogP contribution >= 0.6 is 0 Å². The first-order chi connectivity index (χ1) is 28.6. The number of amides is 4. The topological polar surface area (TPSA) is 143 Å². The average Bonchev–Trinajstić information content (AvgIpc) is 4.10. The Labute approximate surface area is 349 Å². The van der Waals surface area contributed by atoms with Gasteiger partial charge < -0.3 is 39.6 Å². The molecule has 3 aliphatic carbocycles. The number of rotatable bonds is 10. The van der Waals surface area contributed by atoms with Crippen LogP contribution in [0.2, 0.25) is 0 Å². The maximum atomic E-state index is 14.2. The van der Waals surface area contributed by atoms with Gasteiger partial charge >= 0.3 is 6.03 Å². The average molecular weight is 808 g/mol. The molecule has 0 unspecified atom stereocenters. The van der Waals surface area contributed by atoms with Crippen LogP contribution < -0.4 is 10.2 Å². The van der Waals surface area contributed by atoms with E-state index in [1.165, 1.54) is 48.2 Å². The van der Waals surface area contributed by atoms with Gasteiger partial charge in [-0.2, -0.15) is 0 Å². The SMILES string of the molecule is CC(C)CC(=O)N1CCC[C@H]1c1ncc(C2CCN(c3ccc(-c4cnc([C@@H]5CCCN5C(=O)[C@H](NC(=O)N5CCOCC5)C(C)C)[nH]4)c4c3C3CCC4CC3)CC2)[nH]1. The lowest BCUT2D eigenvalue weighted by Gasteiger charge is -2.44. The van der Waals surface area contributed by atoms with E-state index in [4.69, 9.17) is 14.7 Å². The standard InChI is InChI=1S/C46H65N9O4/c1-28(2)25-39(56)54-17-5-7-37(54)43-47-26-34(49-43)30-15-19-52(20-16-30)36-14-13-33(40-31-9-11-32(12-10-31)41(36)40)35-27-48-44(50-35)38-8-6-18-55(38)45(57)42(29(3)4)51-46(58)53-21-23-59-24-22-53/h13-14,26-32,37-38,42H,5-12,15-25H2,1-4H3,(H,47,49)(H,48,50)(H,51,58)/t31?,32?,37-,38-,42+/m0/s1. The highest BCUT2D eigenvalue weighted by Crippen LogP contribution is 2.55. The Morgan fingerprint density at radius 1 is 0.746 bits per heavy atom. The van der Waals surface area contributed by atoms with Crippen molar-refractivity contribution in [2.24, 2.45) is 11.8 Å². The number of anilines is 1. The zero-order valence-corrected chi connectivity index (χ0v) is 35.7. The fraction of sp³-hybridized carbons (Fsp3) is 0.674. The highest BCUT2D eigenvalue weighted by Gasteiger charge is 2.41. The molecule has 59 heavy (non-hydrogen) atoms. The first-order valence-corrected chi connectivity index (χ1v) is 22.9. The van der Waals surface area contributed by atoms with Gasteiger partial charge in [-0.1, -0.05) is 33.8 Å². The Morgan fingerprint density at radius 3 is 2.08 bits per heavy atom. The first-order valence-electron chi connectivity index (χ1n) is 22.9. The Kier molecular flexibility index (Phi) is 11.5. The molecule has 13 nitrogen and oxygen atoms in total. The summed E-state index contributed by atoms with van der Waals surface area (Å²) in [6, 6.07) is 3.83. The number of morpholine rings is 1. The molecule has 4 amide bonds. The van der Waals surface area contributed by atoms with Crippen LogP contribution in [0.5, 0.6) is 0 Å². The molecular weight excluding hydrogens is 743 g/mol. The normalized spacial score (nSPS) is 25.3. The second-order valence-electron chi connectivity index (χ2n) is 19.0. The highest BCUT2D eigenvalue weighted by molar-refractivity contribution is 5.88. The molecule has 0 spiro atoms. The number of likely N-dealkylation sites (tertiary alicyclic amines) is 2. The predicted octanol–water partition coefficient (Wildman–Crippen LogP) is 7.38. The minimum absolute atomic E-state index is 0.0353. The zero-order chi connectivity index (χ0) is 40.8. The molecule has 3 aromatic rings. The van der Waals surface area contributed by atoms with Crippen LogP contribution in [0.15, 0.2) is 24.5 Å². The Balaban J connectivity index is 0.899. The van der Waals surface area contributed by atoms with Crippen molar-refractivity contribution in [1.82, 2.24) is 40.0 Å². The number of nitrogens with one attached hydrogen (secondary N) is 3. The van der Waals surface area contributed by atoms with Gasteiger partial charge in [0.15, 0.2) is 0 Å². The number of carbonyl (C=O) groups is 3. The van der Waals surface area contributed by atoms with Gasteiger partial charge in [0.1, 0.15) is 17.7 Å². The first kappa shape index (κ1) is 40.0. The third kappa shape index (κ3) is 7.88. The number of hydrogen-bond donors (Lipinski definition) is 3. The number of carbonyl (C=O) groups excluding carboxylic acids is 3. The second-order valence-corrected chi connectivity index (χ2v) is 19.0. The van der Waals surface area contributed by atoms with Gasteiger partial charge in [0.05, 0.1) is 37.2 Å². The molecule has 4 saturated heterocycles. The molecule has 2 bridgehead atoms. The number of aromatic amines is 2. The molecule has 3 atom stereocenters. The van der Waals surface area contributed by atoms with Gasteiger partial charge in [0.2, 0.25) is 11.8 Å². The summed E-state index contributed by atoms with van der Waals surface area (Å²) in [5.41, 5.74) is 8.00. The third-order valence-corrected chi connectivity index (χ3v) is 14.4. The van der Waals surface area contributed by atoms with E-state index >= 15 is 0 Å². The Bertz CT molecular complexity index is 1980. The van der Waals surface area contributed by atoms with Crippen molar-refractivity contribution < 1.29 is 19.1 Å². The Hall–Kier alpha value is -4.39. The molecule has 5 fully saturated rings. The number of piperidine rings is 1. The number of benzene rings is 1. The van der Waals surface area contributed by atoms with Crippen LogP contribution in [-0.4, -0.2) is 111 Å². The molecule has 13 heteroatoms. The molecule has 6 heterocycles. The number of urea groups is 1. The predicted molar refractivity (Wildman–Crippen MR) is 227 cm³/mol. The molecule has 318 valence electrons. The number of aromatic nitrogens is 4. The fourth-order valence-electron chi connectivity index (χ4n) is 11.3. The van der Waals surface area contributed by atoms with Crippen molar-refractivity contribution in [2.75, 3.05) is 57.4 Å². The van der Waals surface area contributed by atoms with E-state index in [1.807, 2.05) is 31.1 Å². The summed E-state index contributed by atoms with van der Waals surface area (Å²) >= 11 is 0. The van der Waals surface area contributed by atoms with E-state index in [0.29, 0.717) is 62.9 Å². The quantitative estimate of drug-likeness (QED) is 0.194. The van der Waals surface area contributed by atoms with Crippen LogP contribution in [0.25, 0.3) is 11.3 Å². The zero-order valence-electron chi connectivity index (χ0n) is 35.7. The summed E-state index contributed by atoms with van der Waals surface area (Å²) in [7, 11) is 0. The van der Waals surface area contributed by atoms with Gasteiger partial charge in [-0.25, -0.2) is 14.8 Å². The fourth-order valence-corrected chi connectivity index (χ4v) is 11.3. The van der Waals surface area contributed by atoms with Crippen LogP contribution in [0.3, 0.4) is 0 Å². The molecule has 4 aliphatic heterocycles. The van der Waals surface area contributed by atoms with Gasteiger partial charge in [-0.3, -0.25) is 9.59 Å². The molecule has 10 rings (SSSR count). The maximum Gasteiger partial charge on any atom is 0.318 e. The van der Waals surface area contributed by atoms with Crippen molar-refractivity contribution in [2.45, 2.75) is 134 Å². The largest absolute Gasteiger partial charge is 0.378 e. The van der Waals surface area contributed by atoms with Gasteiger partial charge in [0.25, 0.3) is 0 Å². The van der Waals surface area contributed by atoms with E-state index in [-0.39, 0.29) is 35.8 Å². The number of H-pyrrole nitrogens is 2. The van der Waals surface area contributed by atoms with Crippen molar-refractivity contribution >= 4 is 23.5 Å². The summed E-state index contributed by atoms with van der Waals surface area (Å²) in [5.74, 6) is 3.87. The van der Waals surface area contributed by atoms with Gasteiger partial charge in [0, 0.05) is 74.7 Å². The van der Waals surface area contributed by atoms with E-state index in [9.17, 15) is 14.4 Å². The van der Waals surface area contributed by atoms with Crippen LogP contribution in [-0.2, 0) is 14.3 Å². The van der Waals surface area contributed by atoms with Gasteiger partial charge in [-0.05, 0) is 105 Å². The smallest absolute Gasteiger partial charge is 0.318 e. The molecule has 7 aliphatic rings. The van der Waals surface area contributed by atoms with E-state index < -0.39 is 6.04 Å². The molecule has 2 aromatic heterocycles. The number of imidazole rings is 2. The van der Waals surface area contributed by atoms with E-state index in [0.717, 1.165) is 75.5 Å². The second kappa shape index (κ2) is 16.9. The molecule has 1 aromatic carbocycles. The number of hydrogen-bond acceptors (Lipinski definition) is 7. The van der Waals surface area contributed by atoms with E-state index in [2.05, 4.69) is 51.1 Å². The van der Waals surface area contributed by atoms with Crippen LogP contribution in [0.4, 0.5) is 10.5 Å². The molecule has 1 saturated carbocycles. The minimum atomic E-state index is -0.605. The summed E-state index contributed by atoms with van der Waals surface area (Å²) in [5, 5.41) is 3.07.